The molecule has 0 saturated carbocycles. The Morgan fingerprint density at radius 3 is 2.45 bits per heavy atom. The third kappa shape index (κ3) is 5.08. The van der Waals surface area contributed by atoms with Crippen molar-refractivity contribution in [3.63, 3.8) is 0 Å². The molecule has 5 rings (SSSR count). The maximum Gasteiger partial charge on any atom is 0.490 e. The summed E-state index contributed by atoms with van der Waals surface area (Å²) in [7, 11) is 0. The Morgan fingerprint density at radius 2 is 1.75 bits per heavy atom. The Bertz CT molecular complexity index is 1610. The van der Waals surface area contributed by atoms with Gasteiger partial charge in [-0.2, -0.15) is 22.8 Å². The minimum Gasteiger partial charge on any atom is -0.473 e. The van der Waals surface area contributed by atoms with Gasteiger partial charge in [-0.3, -0.25) is 4.79 Å². The summed E-state index contributed by atoms with van der Waals surface area (Å²) in [6.07, 6.45) is -6.49. The van der Waals surface area contributed by atoms with Crippen LogP contribution in [0.25, 0.3) is 5.52 Å². The van der Waals surface area contributed by atoms with Crippen molar-refractivity contribution < 1.29 is 41.0 Å². The fraction of sp³-hybridized carbons (Fsp3) is 0.250. The van der Waals surface area contributed by atoms with Crippen molar-refractivity contribution >= 4 is 17.4 Å². The van der Waals surface area contributed by atoms with E-state index in [1.54, 1.807) is 50.2 Å². The molecular weight excluding hydrogens is 537 g/mol. The number of alkyl halides is 3. The Hall–Kier alpha value is -4.48. The van der Waals surface area contributed by atoms with Crippen LogP contribution in [0.1, 0.15) is 44.3 Å². The van der Waals surface area contributed by atoms with E-state index in [0.717, 1.165) is 12.1 Å². The second kappa shape index (κ2) is 10.2. The molecule has 2 heterocycles. The molecule has 40 heavy (non-hydrogen) atoms. The number of aryl methyl sites for hydroxylation is 2. The average molecular weight is 559 g/mol. The van der Waals surface area contributed by atoms with E-state index in [4.69, 9.17) is 9.47 Å². The topological polar surface area (TPSA) is 81.9 Å². The highest BCUT2D eigenvalue weighted by atomic mass is 19.4. The highest BCUT2D eigenvalue weighted by Gasteiger charge is 2.45. The largest absolute Gasteiger partial charge is 0.490 e. The fourth-order valence-electron chi connectivity index (χ4n) is 4.82. The van der Waals surface area contributed by atoms with Crippen LogP contribution in [0.5, 0.6) is 5.88 Å². The SMILES string of the molecule is Cc1cc(OCc2c(F)cccc2F)n2nc(C)c(C(=O)N[C@H]3c4ccccc4C[C@H]3OC(=O)C(F)(F)F)c2c1. The first-order chi connectivity index (χ1) is 18.9. The molecule has 4 aromatic rings. The number of amides is 1. The molecule has 0 spiro atoms. The number of nitrogens with one attached hydrogen (secondary N) is 1. The number of ether oxygens (including phenoxy) is 2. The lowest BCUT2D eigenvalue weighted by molar-refractivity contribution is -0.205. The predicted octanol–water partition coefficient (Wildman–Crippen LogP) is 5.31. The van der Waals surface area contributed by atoms with E-state index < -0.39 is 48.4 Å². The Balaban J connectivity index is 1.46. The van der Waals surface area contributed by atoms with Gasteiger partial charge in [-0.15, -0.1) is 0 Å². The smallest absolute Gasteiger partial charge is 0.473 e. The van der Waals surface area contributed by atoms with Gasteiger partial charge in [-0.05, 0) is 48.7 Å². The minimum atomic E-state index is -5.19. The van der Waals surface area contributed by atoms with Gasteiger partial charge in [-0.1, -0.05) is 30.3 Å². The molecule has 1 N–H and O–H groups in total. The molecule has 2 atom stereocenters. The normalized spacial score (nSPS) is 16.6. The molecule has 0 unspecified atom stereocenters. The summed E-state index contributed by atoms with van der Waals surface area (Å²) in [5.74, 6) is -4.46. The Kier molecular flexibility index (Phi) is 6.94. The third-order valence-corrected chi connectivity index (χ3v) is 6.63. The summed E-state index contributed by atoms with van der Waals surface area (Å²) in [5, 5.41) is 7.07. The van der Waals surface area contributed by atoms with E-state index in [2.05, 4.69) is 10.4 Å². The van der Waals surface area contributed by atoms with Crippen LogP contribution in [-0.2, 0) is 22.6 Å². The quantitative estimate of drug-likeness (QED) is 0.256. The molecule has 0 saturated heterocycles. The molecule has 0 aliphatic heterocycles. The van der Waals surface area contributed by atoms with Gasteiger partial charge in [0.2, 0.25) is 5.88 Å². The summed E-state index contributed by atoms with van der Waals surface area (Å²) >= 11 is 0. The van der Waals surface area contributed by atoms with Gasteiger partial charge in [-0.25, -0.2) is 13.6 Å². The number of carbonyl (C=O) groups excluding carboxylic acids is 2. The lowest BCUT2D eigenvalue weighted by atomic mass is 10.1. The lowest BCUT2D eigenvalue weighted by Gasteiger charge is -2.22. The first-order valence-electron chi connectivity index (χ1n) is 12.2. The molecule has 0 bridgehead atoms. The number of carbonyl (C=O) groups is 2. The van der Waals surface area contributed by atoms with E-state index in [0.29, 0.717) is 22.2 Å². The Morgan fingerprint density at radius 1 is 1.05 bits per heavy atom. The molecule has 2 aromatic heterocycles. The maximum absolute atomic E-state index is 14.1. The van der Waals surface area contributed by atoms with Crippen LogP contribution in [0, 0.1) is 25.5 Å². The number of halogens is 5. The zero-order valence-corrected chi connectivity index (χ0v) is 21.2. The maximum atomic E-state index is 14.1. The van der Waals surface area contributed by atoms with Gasteiger partial charge >= 0.3 is 12.1 Å². The lowest BCUT2D eigenvalue weighted by Crippen LogP contribution is -2.39. The molecule has 7 nitrogen and oxygen atoms in total. The first-order valence-corrected chi connectivity index (χ1v) is 12.2. The van der Waals surface area contributed by atoms with Crippen molar-refractivity contribution in [3.05, 3.63) is 99.7 Å². The number of benzene rings is 2. The zero-order chi connectivity index (χ0) is 28.8. The van der Waals surface area contributed by atoms with Gasteiger partial charge in [0.05, 0.1) is 28.4 Å². The van der Waals surface area contributed by atoms with Crippen molar-refractivity contribution in [2.24, 2.45) is 0 Å². The van der Waals surface area contributed by atoms with Crippen LogP contribution in [-0.4, -0.2) is 33.8 Å². The number of fused-ring (bicyclic) bond motifs is 2. The molecule has 2 aromatic carbocycles. The number of aromatic nitrogens is 2. The molecule has 12 heteroatoms. The van der Waals surface area contributed by atoms with Gasteiger partial charge in [0.15, 0.2) is 0 Å². The van der Waals surface area contributed by atoms with Crippen LogP contribution < -0.4 is 10.1 Å². The van der Waals surface area contributed by atoms with E-state index in [1.165, 1.54) is 10.6 Å². The van der Waals surface area contributed by atoms with Crippen LogP contribution >= 0.6 is 0 Å². The van der Waals surface area contributed by atoms with Gasteiger partial charge in [0.1, 0.15) is 24.3 Å². The fourth-order valence-corrected chi connectivity index (χ4v) is 4.82. The highest BCUT2D eigenvalue weighted by Crippen LogP contribution is 2.35. The number of esters is 1. The molecule has 1 aliphatic rings. The van der Waals surface area contributed by atoms with Gasteiger partial charge in [0.25, 0.3) is 5.91 Å². The summed E-state index contributed by atoms with van der Waals surface area (Å²) in [6, 6.07) is 12.3. The number of hydrogen-bond donors (Lipinski definition) is 1. The second-order valence-electron chi connectivity index (χ2n) is 9.41. The number of nitrogens with zero attached hydrogens (tertiary/aromatic N) is 2. The van der Waals surface area contributed by atoms with E-state index in [9.17, 15) is 31.5 Å². The van der Waals surface area contributed by atoms with E-state index in [1.807, 2.05) is 0 Å². The molecule has 0 fully saturated rings. The van der Waals surface area contributed by atoms with Crippen LogP contribution in [0.3, 0.4) is 0 Å². The van der Waals surface area contributed by atoms with Gasteiger partial charge < -0.3 is 14.8 Å². The monoisotopic (exact) mass is 559 g/mol. The van der Waals surface area contributed by atoms with Crippen molar-refractivity contribution in [2.45, 2.75) is 45.2 Å². The van der Waals surface area contributed by atoms with Crippen LogP contribution in [0.4, 0.5) is 22.0 Å². The van der Waals surface area contributed by atoms with Crippen LogP contribution in [0.2, 0.25) is 0 Å². The standard InChI is InChI=1S/C28H22F5N3O4/c1-14-10-21-24(15(2)35-36(21)23(11-14)39-13-18-19(29)8-5-9-20(18)30)26(37)34-25-17-7-4-3-6-16(17)12-22(25)40-27(38)28(31,32)33/h3-11,22,25H,12-13H2,1-2H3,(H,34,37)/t22-,25+/m1/s1. The molecule has 1 aliphatic carbocycles. The second-order valence-corrected chi connectivity index (χ2v) is 9.41. The number of hydrogen-bond acceptors (Lipinski definition) is 5. The number of pyridine rings is 1. The molecule has 208 valence electrons. The molecular formula is C28H22F5N3O4. The zero-order valence-electron chi connectivity index (χ0n) is 21.2. The minimum absolute atomic E-state index is 0.0135. The highest BCUT2D eigenvalue weighted by molar-refractivity contribution is 6.02. The first kappa shape index (κ1) is 27.1. The molecule has 1 amide bonds. The third-order valence-electron chi connectivity index (χ3n) is 6.63. The number of rotatable bonds is 6. The summed E-state index contributed by atoms with van der Waals surface area (Å²) in [5.41, 5.74) is 2.20. The summed E-state index contributed by atoms with van der Waals surface area (Å²) < 4.78 is 78.8. The van der Waals surface area contributed by atoms with Crippen molar-refractivity contribution in [1.29, 1.82) is 0 Å². The van der Waals surface area contributed by atoms with E-state index in [-0.39, 0.29) is 29.1 Å². The van der Waals surface area contributed by atoms with Gasteiger partial charge in [0, 0.05) is 12.5 Å². The summed E-state index contributed by atoms with van der Waals surface area (Å²) in [4.78, 5) is 25.2. The Labute approximate surface area is 224 Å². The summed E-state index contributed by atoms with van der Waals surface area (Å²) in [6.45, 7) is 2.84. The van der Waals surface area contributed by atoms with Crippen molar-refractivity contribution in [1.82, 2.24) is 14.9 Å². The van der Waals surface area contributed by atoms with Crippen LogP contribution in [0.15, 0.2) is 54.6 Å². The average Bonchev–Trinajstić information content (AvgIpc) is 3.39. The van der Waals surface area contributed by atoms with Crippen molar-refractivity contribution in [2.75, 3.05) is 0 Å². The van der Waals surface area contributed by atoms with Crippen molar-refractivity contribution in [3.8, 4) is 5.88 Å². The molecule has 0 radical (unpaired) electrons. The van der Waals surface area contributed by atoms with E-state index >= 15 is 0 Å². The predicted molar refractivity (Wildman–Crippen MR) is 132 cm³/mol.